The van der Waals surface area contributed by atoms with E-state index in [4.69, 9.17) is 56.2 Å². The Morgan fingerprint density at radius 2 is 0.444 bits per heavy atom. The Bertz CT molecular complexity index is 172. The molecule has 0 aromatic rings. The molecule has 0 unspecified atom stereocenters. The predicted molar refractivity (Wildman–Crippen MR) is 57.7 cm³/mol. The van der Waals surface area contributed by atoms with Crippen molar-refractivity contribution >= 4 is 0 Å². The first-order valence-electron chi connectivity index (χ1n) is 5.54. The molecule has 8 N–H and O–H groups in total. The van der Waals surface area contributed by atoms with Crippen LogP contribution in [0.15, 0.2) is 0 Å². The van der Waals surface area contributed by atoms with Gasteiger partial charge in [0, 0.05) is 0 Å². The first-order chi connectivity index (χ1) is 10.0. The summed E-state index contributed by atoms with van der Waals surface area (Å²) in [5, 5.41) is 0. The number of hydrogen-bond donors (Lipinski definition) is 0. The fraction of sp³-hybridized carbons (Fsp3) is 1.00. The molecule has 0 aromatic heterocycles. The van der Waals surface area contributed by atoms with Crippen molar-refractivity contribution in [2.24, 2.45) is 0 Å². The van der Waals surface area contributed by atoms with E-state index in [1.165, 1.54) is 0 Å². The van der Waals surface area contributed by atoms with Gasteiger partial charge in [-0.05, 0) is 0 Å². The van der Waals surface area contributed by atoms with Crippen molar-refractivity contribution in [3.05, 3.63) is 0 Å². The third-order valence-corrected chi connectivity index (χ3v) is 1.49. The van der Waals surface area contributed by atoms with Crippen LogP contribution in [0.1, 0.15) is 0 Å². The molecule has 0 aliphatic carbocycles. The van der Waals surface area contributed by atoms with Gasteiger partial charge in [-0.15, -0.1) is 20.5 Å². The average molecular weight is 506 g/mol. The molecular weight excluding hydrogens is 482 g/mol. The van der Waals surface area contributed by atoms with Crippen LogP contribution in [0.4, 0.5) is 0 Å². The summed E-state index contributed by atoms with van der Waals surface area (Å²) in [7, 11) is -9.89. The number of rotatable bonds is 0. The van der Waals surface area contributed by atoms with Gasteiger partial charge >= 0.3 is 16.5 Å². The molecule has 0 spiro atoms. The second kappa shape index (κ2) is 28.6. The molecule has 27 heavy (non-hydrogen) atoms. The van der Waals surface area contributed by atoms with Crippen molar-refractivity contribution in [2.75, 3.05) is 52.9 Å². The van der Waals surface area contributed by atoms with Crippen LogP contribution in [0.2, 0.25) is 0 Å². The SMILES string of the molecule is C1COCCO1.C1COCCO1.O.O.O.O.[Ni+2].[O-][Cl+3]([O-])([O-])[O-].[O-][Cl+3]([O-])([O-])[O-]. The molecule has 2 rings (SSSR count). The van der Waals surface area contributed by atoms with Gasteiger partial charge in [-0.2, -0.15) is 0 Å². The fourth-order valence-corrected chi connectivity index (χ4v) is 0.880. The summed E-state index contributed by atoms with van der Waals surface area (Å²) in [6.07, 6.45) is 0. The third-order valence-electron chi connectivity index (χ3n) is 1.49. The van der Waals surface area contributed by atoms with Crippen molar-refractivity contribution in [3.63, 3.8) is 0 Å². The average Bonchev–Trinajstić information content (AvgIpc) is 2.40. The summed E-state index contributed by atoms with van der Waals surface area (Å²) in [6.45, 7) is 6.22. The smallest absolute Gasteiger partial charge is 0.412 e. The molecule has 0 atom stereocenters. The standard InChI is InChI=1S/2C4H8O2.2ClHO4.Ni.4H2O/c2*1-2-6-4-3-5-1;2*2-1(3,4)5;;;;;/h2*1-4H2;2*(H,2,3,4,5);;4*1H2/q;;;;+2;;;;/p-2. The van der Waals surface area contributed by atoms with Gasteiger partial charge in [0.2, 0.25) is 0 Å². The maximum atomic E-state index is 8.49. The second-order valence-electron chi connectivity index (χ2n) is 3.21. The van der Waals surface area contributed by atoms with Gasteiger partial charge in [0.1, 0.15) is 0 Å². The summed E-state index contributed by atoms with van der Waals surface area (Å²) in [4.78, 5) is 0. The minimum Gasteiger partial charge on any atom is -0.412 e. The summed E-state index contributed by atoms with van der Waals surface area (Å²) in [6, 6.07) is 0. The summed E-state index contributed by atoms with van der Waals surface area (Å²) in [5.41, 5.74) is 0. The van der Waals surface area contributed by atoms with Gasteiger partial charge < -0.3 is 40.9 Å². The summed E-state index contributed by atoms with van der Waals surface area (Å²) in [5.74, 6) is 0. The maximum Gasteiger partial charge on any atom is 2.00 e. The molecule has 2 aliphatic heterocycles. The molecule has 2 heterocycles. The molecule has 0 saturated carbocycles. The summed E-state index contributed by atoms with van der Waals surface area (Å²) < 4.78 is 87.7. The van der Waals surface area contributed by atoms with Crippen LogP contribution in [0.3, 0.4) is 0 Å². The number of halogens is 2. The van der Waals surface area contributed by atoms with Crippen molar-refractivity contribution in [2.45, 2.75) is 0 Å². The van der Waals surface area contributed by atoms with Crippen LogP contribution in [-0.2, 0) is 35.4 Å². The van der Waals surface area contributed by atoms with Gasteiger partial charge in [-0.1, -0.05) is 0 Å². The molecule has 16 nitrogen and oxygen atoms in total. The second-order valence-corrected chi connectivity index (χ2v) is 4.72. The van der Waals surface area contributed by atoms with Crippen molar-refractivity contribution < 1.29 is 115 Å². The van der Waals surface area contributed by atoms with Gasteiger partial charge in [0.25, 0.3) is 0 Å². The molecule has 176 valence electrons. The van der Waals surface area contributed by atoms with E-state index in [1.54, 1.807) is 0 Å². The van der Waals surface area contributed by atoms with Gasteiger partial charge in [0.05, 0.1) is 52.9 Å². The Morgan fingerprint density at radius 3 is 0.481 bits per heavy atom. The van der Waals surface area contributed by atoms with E-state index in [9.17, 15) is 0 Å². The van der Waals surface area contributed by atoms with Gasteiger partial charge in [-0.25, -0.2) is 37.3 Å². The van der Waals surface area contributed by atoms with Crippen LogP contribution in [0, 0.1) is 20.5 Å². The Balaban J connectivity index is -0.0000000374. The quantitative estimate of drug-likeness (QED) is 0.276. The first kappa shape index (κ1) is 45.9. The molecular formula is C8H24Cl2NiO16. The Hall–Kier alpha value is 0.434. The van der Waals surface area contributed by atoms with Crippen LogP contribution < -0.4 is 37.3 Å². The minimum atomic E-state index is -4.94. The van der Waals surface area contributed by atoms with E-state index in [2.05, 4.69) is 0 Å². The fourth-order valence-electron chi connectivity index (χ4n) is 0.880. The number of hydrogen-bond acceptors (Lipinski definition) is 12. The zero-order chi connectivity index (χ0) is 17.5. The van der Waals surface area contributed by atoms with Crippen LogP contribution in [0.25, 0.3) is 0 Å². The van der Waals surface area contributed by atoms with E-state index < -0.39 is 20.5 Å². The monoisotopic (exact) mass is 504 g/mol. The van der Waals surface area contributed by atoms with Crippen LogP contribution in [0.5, 0.6) is 0 Å². The van der Waals surface area contributed by atoms with Crippen molar-refractivity contribution in [1.29, 1.82) is 0 Å². The number of ether oxygens (including phenoxy) is 4. The molecule has 0 radical (unpaired) electrons. The molecule has 0 bridgehead atoms. The van der Waals surface area contributed by atoms with E-state index in [-0.39, 0.29) is 38.4 Å². The van der Waals surface area contributed by atoms with Gasteiger partial charge in [-0.3, -0.25) is 0 Å². The predicted octanol–water partition coefficient (Wildman–Crippen LogP) is -12.7. The van der Waals surface area contributed by atoms with Crippen molar-refractivity contribution in [1.82, 2.24) is 0 Å². The molecule has 2 saturated heterocycles. The van der Waals surface area contributed by atoms with Crippen LogP contribution in [-0.4, -0.2) is 74.8 Å². The zero-order valence-corrected chi connectivity index (χ0v) is 16.1. The van der Waals surface area contributed by atoms with Crippen molar-refractivity contribution in [3.8, 4) is 0 Å². The Kier molecular flexibility index (Phi) is 48.7. The molecule has 0 amide bonds. The van der Waals surface area contributed by atoms with E-state index in [0.29, 0.717) is 0 Å². The summed E-state index contributed by atoms with van der Waals surface area (Å²) >= 11 is 0. The van der Waals surface area contributed by atoms with Crippen LogP contribution >= 0.6 is 0 Å². The largest absolute Gasteiger partial charge is 2.00 e. The topological polar surface area (TPSA) is 347 Å². The molecule has 0 aromatic carbocycles. The van der Waals surface area contributed by atoms with E-state index in [0.717, 1.165) is 52.9 Å². The Morgan fingerprint density at radius 1 is 0.370 bits per heavy atom. The Labute approximate surface area is 168 Å². The molecule has 2 aliphatic rings. The normalized spacial score (nSPS) is 15.1. The zero-order valence-electron chi connectivity index (χ0n) is 13.6. The van der Waals surface area contributed by atoms with Gasteiger partial charge in [0.15, 0.2) is 0 Å². The minimum absolute atomic E-state index is 0. The first-order valence-corrected chi connectivity index (χ1v) is 8.01. The molecule has 2 fully saturated rings. The van der Waals surface area contributed by atoms with E-state index in [1.807, 2.05) is 0 Å². The maximum absolute atomic E-state index is 8.49. The third kappa shape index (κ3) is 102. The van der Waals surface area contributed by atoms with E-state index >= 15 is 0 Å². The molecule has 19 heteroatoms.